The molecule has 0 bridgehead atoms. The molecule has 0 aromatic rings. The number of alkyl halides is 1. The Morgan fingerprint density at radius 1 is 1.67 bits per heavy atom. The van der Waals surface area contributed by atoms with Crippen LogP contribution in [0.25, 0.3) is 0 Å². The van der Waals surface area contributed by atoms with Crippen molar-refractivity contribution < 1.29 is 0 Å². The van der Waals surface area contributed by atoms with Crippen LogP contribution in [0.2, 0.25) is 0 Å². The first-order chi connectivity index (χ1) is 4.34. The van der Waals surface area contributed by atoms with Crippen LogP contribution in [0, 0.1) is 0 Å². The van der Waals surface area contributed by atoms with Crippen molar-refractivity contribution in [1.82, 2.24) is 0 Å². The summed E-state index contributed by atoms with van der Waals surface area (Å²) in [5.41, 5.74) is 1.20. The Morgan fingerprint density at radius 2 is 2.44 bits per heavy atom. The molecule has 0 aliphatic carbocycles. The molecular formula is C6H5BrClI. The maximum Gasteiger partial charge on any atom is 0.0503 e. The summed E-state index contributed by atoms with van der Waals surface area (Å²) < 4.78 is 4.33. The third-order valence-corrected chi connectivity index (χ3v) is 4.03. The number of halogens is 3. The van der Waals surface area contributed by atoms with Gasteiger partial charge >= 0.3 is 0 Å². The zero-order chi connectivity index (χ0) is 6.69. The van der Waals surface area contributed by atoms with Gasteiger partial charge in [-0.1, -0.05) is 54.3 Å². The molecule has 0 spiro atoms. The second-order valence-electron chi connectivity index (χ2n) is 1.53. The summed E-state index contributed by atoms with van der Waals surface area (Å²) in [6.07, 6.45) is 2.10. The molecule has 1 heterocycles. The van der Waals surface area contributed by atoms with Gasteiger partial charge in [-0.2, -0.15) is 0 Å². The van der Waals surface area contributed by atoms with Gasteiger partial charge in [0.1, 0.15) is 0 Å². The Bertz CT molecular complexity index is 193. The average Bonchev–Trinajstić information content (AvgIpc) is 1.89. The van der Waals surface area contributed by atoms with Crippen molar-refractivity contribution in [1.29, 1.82) is 0 Å². The van der Waals surface area contributed by atoms with Crippen molar-refractivity contribution in [3.63, 3.8) is 0 Å². The molecular weight excluding hydrogens is 314 g/mol. The van der Waals surface area contributed by atoms with Crippen LogP contribution in [0.4, 0.5) is 0 Å². The molecule has 0 radical (unpaired) electrons. The van der Waals surface area contributed by atoms with Crippen LogP contribution in [0.15, 0.2) is 20.8 Å². The lowest BCUT2D eigenvalue weighted by molar-refractivity contribution is 1.58. The summed E-state index contributed by atoms with van der Waals surface area (Å²) in [5.74, 6) is 0. The van der Waals surface area contributed by atoms with E-state index in [1.54, 1.807) is 0 Å². The van der Waals surface area contributed by atoms with Crippen molar-refractivity contribution >= 4 is 52.3 Å². The highest BCUT2D eigenvalue weighted by molar-refractivity contribution is 14.2. The van der Waals surface area contributed by atoms with Crippen LogP contribution in [0.3, 0.4) is 0 Å². The minimum Gasteiger partial charge on any atom is -0.0922 e. The van der Waals surface area contributed by atoms with Gasteiger partial charge in [-0.25, -0.2) is 0 Å². The van der Waals surface area contributed by atoms with Crippen LogP contribution >= 0.6 is 48.3 Å². The minimum absolute atomic E-state index is 0.125. The molecule has 0 saturated heterocycles. The van der Waals surface area contributed by atoms with Crippen molar-refractivity contribution in [2.45, 2.75) is 0 Å². The van der Waals surface area contributed by atoms with Crippen LogP contribution in [0.1, 0.15) is 0 Å². The Labute approximate surface area is 77.8 Å². The number of rotatable bonds is 1. The van der Waals surface area contributed by atoms with E-state index in [2.05, 4.69) is 30.1 Å². The highest BCUT2D eigenvalue weighted by atomic mass is 127. The second kappa shape index (κ2) is 3.88. The van der Waals surface area contributed by atoms with E-state index in [0.29, 0.717) is 0 Å². The Balaban J connectivity index is 2.88. The Kier molecular flexibility index (Phi) is 3.43. The predicted octanol–water partition coefficient (Wildman–Crippen LogP) is 3.17. The third-order valence-electron chi connectivity index (χ3n) is 0.946. The average molecular weight is 319 g/mol. The predicted molar refractivity (Wildman–Crippen MR) is 55.9 cm³/mol. The first-order valence-corrected chi connectivity index (χ1v) is 6.40. The van der Waals surface area contributed by atoms with Crippen molar-refractivity contribution in [3.8, 4) is 0 Å². The standard InChI is InChI=1S/C6H5BrClI/c7-3-5-1-2-9-4-6(5)8/h1-2,4H,3H2. The maximum absolute atomic E-state index is 5.85. The van der Waals surface area contributed by atoms with Crippen LogP contribution in [0.5, 0.6) is 0 Å². The largest absolute Gasteiger partial charge is 0.0922 e. The van der Waals surface area contributed by atoms with Gasteiger partial charge in [0.15, 0.2) is 0 Å². The lowest BCUT2D eigenvalue weighted by Crippen LogP contribution is -1.86. The maximum atomic E-state index is 5.85. The lowest BCUT2D eigenvalue weighted by atomic mass is 10.3. The number of allylic oxidation sites excluding steroid dienone is 3. The third kappa shape index (κ3) is 2.16. The van der Waals surface area contributed by atoms with Crippen molar-refractivity contribution in [3.05, 3.63) is 20.8 Å². The molecule has 3 heteroatoms. The fourth-order valence-corrected chi connectivity index (χ4v) is 3.13. The molecule has 0 aromatic carbocycles. The van der Waals surface area contributed by atoms with Gasteiger partial charge in [-0.15, -0.1) is 0 Å². The first kappa shape index (κ1) is 7.95. The van der Waals surface area contributed by atoms with E-state index in [9.17, 15) is 0 Å². The molecule has 0 nitrogen and oxygen atoms in total. The molecule has 0 atom stereocenters. The molecule has 0 unspecified atom stereocenters. The number of hydrogen-bond acceptors (Lipinski definition) is 0. The molecule has 1 rings (SSSR count). The molecule has 50 valence electrons. The van der Waals surface area contributed by atoms with E-state index < -0.39 is 0 Å². The summed E-state index contributed by atoms with van der Waals surface area (Å²) in [5, 5.41) is 1.80. The summed E-state index contributed by atoms with van der Waals surface area (Å²) in [7, 11) is 0. The van der Waals surface area contributed by atoms with Gasteiger partial charge < -0.3 is 0 Å². The van der Waals surface area contributed by atoms with E-state index in [1.165, 1.54) is 5.57 Å². The second-order valence-corrected chi connectivity index (χ2v) is 4.56. The molecule has 1 aliphatic heterocycles. The molecule has 9 heavy (non-hydrogen) atoms. The van der Waals surface area contributed by atoms with E-state index in [0.717, 1.165) is 10.4 Å². The summed E-state index contributed by atoms with van der Waals surface area (Å²) in [4.78, 5) is 0. The van der Waals surface area contributed by atoms with E-state index >= 15 is 0 Å². The van der Waals surface area contributed by atoms with Crippen LogP contribution < -0.4 is 0 Å². The monoisotopic (exact) mass is 318 g/mol. The van der Waals surface area contributed by atoms with Gasteiger partial charge in [0, 0.05) is 5.33 Å². The lowest BCUT2D eigenvalue weighted by Gasteiger charge is -1.99. The zero-order valence-electron chi connectivity index (χ0n) is 4.57. The van der Waals surface area contributed by atoms with Gasteiger partial charge in [-0.05, 0) is 13.7 Å². The highest BCUT2D eigenvalue weighted by Gasteiger charge is 1.98. The molecule has 0 fully saturated rings. The van der Waals surface area contributed by atoms with E-state index in [4.69, 9.17) is 11.6 Å². The van der Waals surface area contributed by atoms with E-state index in [1.807, 2.05) is 0 Å². The summed E-state index contributed by atoms with van der Waals surface area (Å²) >= 11 is 9.33. The normalized spacial score (nSPS) is 18.0. The van der Waals surface area contributed by atoms with Gasteiger partial charge in [0.05, 0.1) is 5.03 Å². The molecule has 0 N–H and O–H groups in total. The topological polar surface area (TPSA) is 0 Å². The summed E-state index contributed by atoms with van der Waals surface area (Å²) in [6.45, 7) is 0. The van der Waals surface area contributed by atoms with Gasteiger partial charge in [0.25, 0.3) is 0 Å². The Morgan fingerprint density at radius 3 is 2.89 bits per heavy atom. The molecule has 0 aromatic heterocycles. The SMILES string of the molecule is ClC1=C(CBr)C=CI=C1. The first-order valence-electron chi connectivity index (χ1n) is 2.41. The van der Waals surface area contributed by atoms with Crippen molar-refractivity contribution in [2.24, 2.45) is 0 Å². The zero-order valence-corrected chi connectivity index (χ0v) is 9.07. The van der Waals surface area contributed by atoms with Gasteiger partial charge in [-0.3, -0.25) is 0 Å². The van der Waals surface area contributed by atoms with Crippen LogP contribution in [-0.2, 0) is 0 Å². The minimum atomic E-state index is 0.125. The van der Waals surface area contributed by atoms with Crippen molar-refractivity contribution in [2.75, 3.05) is 5.33 Å². The quantitative estimate of drug-likeness (QED) is 0.514. The fourth-order valence-electron chi connectivity index (χ4n) is 0.462. The molecule has 1 aliphatic rings. The highest BCUT2D eigenvalue weighted by Crippen LogP contribution is 2.20. The Hall–Kier alpha value is 0.850. The fraction of sp³-hybridized carbons (Fsp3) is 0.167. The van der Waals surface area contributed by atoms with Gasteiger partial charge in [0.2, 0.25) is 0 Å². The smallest absolute Gasteiger partial charge is 0.0503 e. The number of hydrogen-bond donors (Lipinski definition) is 0. The molecule has 0 saturated carbocycles. The van der Waals surface area contributed by atoms with Crippen LogP contribution in [-0.4, -0.2) is 9.34 Å². The summed E-state index contributed by atoms with van der Waals surface area (Å²) in [6, 6.07) is 0. The van der Waals surface area contributed by atoms with E-state index in [-0.39, 0.29) is 20.7 Å². The molecule has 0 amide bonds.